The number of aliphatic hydroxyl groups is 1. The minimum atomic E-state index is -0.544. The fraction of sp³-hybridized carbons (Fsp3) is 0.296. The van der Waals surface area contributed by atoms with E-state index in [1.807, 2.05) is 30.3 Å². The van der Waals surface area contributed by atoms with Crippen LogP contribution in [0.25, 0.3) is 21.8 Å². The topological polar surface area (TPSA) is 113 Å². The highest BCUT2D eigenvalue weighted by Crippen LogP contribution is 2.30. The van der Waals surface area contributed by atoms with Gasteiger partial charge in [0.05, 0.1) is 43.5 Å². The van der Waals surface area contributed by atoms with Gasteiger partial charge in [-0.15, -0.1) is 0 Å². The van der Waals surface area contributed by atoms with E-state index in [1.54, 1.807) is 19.2 Å². The molecule has 1 heterocycles. The molecule has 0 spiro atoms. The first kappa shape index (κ1) is 25.5. The second-order valence-electron chi connectivity index (χ2n) is 8.30. The Bertz CT molecular complexity index is 1380. The molecule has 0 radical (unpaired) electrons. The number of nitro groups is 1. The van der Waals surface area contributed by atoms with Crippen molar-refractivity contribution < 1.29 is 29.0 Å². The van der Waals surface area contributed by atoms with Crippen LogP contribution in [0.3, 0.4) is 0 Å². The number of benzene rings is 3. The zero-order valence-electron chi connectivity index (χ0n) is 20.0. The molecular formula is C27H28N2O7. The Labute approximate surface area is 208 Å². The molecular weight excluding hydrogens is 464 g/mol. The fourth-order valence-corrected chi connectivity index (χ4v) is 4.22. The van der Waals surface area contributed by atoms with Gasteiger partial charge in [-0.3, -0.25) is 14.9 Å². The predicted molar refractivity (Wildman–Crippen MR) is 135 cm³/mol. The zero-order chi connectivity index (χ0) is 25.5. The molecule has 9 heteroatoms. The van der Waals surface area contributed by atoms with Crippen LogP contribution in [0.2, 0.25) is 0 Å². The van der Waals surface area contributed by atoms with Crippen LogP contribution in [0.5, 0.6) is 0 Å². The summed E-state index contributed by atoms with van der Waals surface area (Å²) in [7, 11) is 1.64. The summed E-state index contributed by atoms with van der Waals surface area (Å²) in [6, 6.07) is 18.1. The fourth-order valence-electron chi connectivity index (χ4n) is 4.22. The Kier molecular flexibility index (Phi) is 8.40. The number of hydrogen-bond donors (Lipinski definition) is 1. The van der Waals surface area contributed by atoms with Crippen LogP contribution in [-0.2, 0) is 34.0 Å². The molecule has 0 fully saturated rings. The normalized spacial score (nSPS) is 11.4. The van der Waals surface area contributed by atoms with Gasteiger partial charge in [-0.1, -0.05) is 24.3 Å². The quantitative estimate of drug-likeness (QED) is 0.128. The maximum atomic E-state index is 12.9. The van der Waals surface area contributed by atoms with Crippen LogP contribution >= 0.6 is 0 Å². The van der Waals surface area contributed by atoms with Crippen molar-refractivity contribution in [1.82, 2.24) is 4.57 Å². The Hall–Kier alpha value is -3.63. The van der Waals surface area contributed by atoms with E-state index < -0.39 is 11.5 Å². The van der Waals surface area contributed by atoms with Gasteiger partial charge in [0.2, 0.25) is 0 Å². The number of carbonyl (C=O) groups is 1. The molecule has 188 valence electrons. The van der Waals surface area contributed by atoms with Crippen molar-refractivity contribution in [2.75, 3.05) is 33.5 Å². The molecule has 4 aromatic rings. The number of carbonyl (C=O) groups excluding carboxylic acids is 1. The van der Waals surface area contributed by atoms with Gasteiger partial charge in [0, 0.05) is 47.1 Å². The molecule has 0 aliphatic heterocycles. The largest absolute Gasteiger partial charge is 0.391 e. The number of methoxy groups -OCH3 is 1. The number of ketones is 1. The molecule has 0 unspecified atom stereocenters. The summed E-state index contributed by atoms with van der Waals surface area (Å²) in [6.07, 6.45) is 0. The van der Waals surface area contributed by atoms with Crippen LogP contribution in [0.4, 0.5) is 5.69 Å². The summed E-state index contributed by atoms with van der Waals surface area (Å²) in [4.78, 5) is 23.5. The van der Waals surface area contributed by atoms with Crippen LogP contribution in [0.1, 0.15) is 21.5 Å². The van der Waals surface area contributed by atoms with Crippen LogP contribution in [-0.4, -0.2) is 53.9 Å². The zero-order valence-corrected chi connectivity index (χ0v) is 20.0. The number of fused-ring (bicyclic) bond motifs is 3. The Morgan fingerprint density at radius 2 is 1.78 bits per heavy atom. The lowest BCUT2D eigenvalue weighted by atomic mass is 10.1. The molecule has 1 aromatic heterocycles. The van der Waals surface area contributed by atoms with Gasteiger partial charge in [0.1, 0.15) is 6.61 Å². The third-order valence-electron chi connectivity index (χ3n) is 6.00. The first-order valence-corrected chi connectivity index (χ1v) is 11.6. The van der Waals surface area contributed by atoms with Crippen LogP contribution in [0.15, 0.2) is 60.7 Å². The number of hydrogen-bond acceptors (Lipinski definition) is 7. The minimum absolute atomic E-state index is 0.0446. The predicted octanol–water partition coefficient (Wildman–Crippen LogP) is 4.26. The molecule has 0 atom stereocenters. The Morgan fingerprint density at radius 1 is 0.972 bits per heavy atom. The summed E-state index contributed by atoms with van der Waals surface area (Å²) in [5.74, 6) is -0.182. The van der Waals surface area contributed by atoms with Crippen LogP contribution < -0.4 is 0 Å². The van der Waals surface area contributed by atoms with E-state index in [0.717, 1.165) is 21.8 Å². The van der Waals surface area contributed by atoms with Crippen molar-refractivity contribution in [3.05, 3.63) is 87.5 Å². The molecule has 0 saturated carbocycles. The molecule has 36 heavy (non-hydrogen) atoms. The van der Waals surface area contributed by atoms with Crippen molar-refractivity contribution in [2.45, 2.75) is 19.8 Å². The van der Waals surface area contributed by atoms with Gasteiger partial charge >= 0.3 is 0 Å². The molecule has 3 aromatic carbocycles. The highest BCUT2D eigenvalue weighted by molar-refractivity contribution is 6.11. The molecule has 9 nitrogen and oxygen atoms in total. The number of para-hydroxylation sites is 1. The monoisotopic (exact) mass is 492 g/mol. The number of ether oxygens (including phenoxy) is 3. The highest BCUT2D eigenvalue weighted by Gasteiger charge is 2.16. The van der Waals surface area contributed by atoms with Crippen molar-refractivity contribution >= 4 is 33.3 Å². The summed E-state index contributed by atoms with van der Waals surface area (Å²) >= 11 is 0. The Morgan fingerprint density at radius 3 is 2.56 bits per heavy atom. The first-order chi connectivity index (χ1) is 17.5. The smallest absolute Gasteiger partial charge is 0.275 e. The van der Waals surface area contributed by atoms with Gasteiger partial charge in [-0.05, 0) is 35.9 Å². The lowest BCUT2D eigenvalue weighted by Crippen LogP contribution is -2.10. The van der Waals surface area contributed by atoms with E-state index >= 15 is 0 Å². The summed E-state index contributed by atoms with van der Waals surface area (Å²) in [5.41, 5.74) is 3.22. The van der Waals surface area contributed by atoms with Gasteiger partial charge in [0.15, 0.2) is 5.78 Å². The molecule has 0 amide bonds. The maximum absolute atomic E-state index is 12.9. The minimum Gasteiger partial charge on any atom is -0.391 e. The van der Waals surface area contributed by atoms with Crippen molar-refractivity contribution in [3.63, 3.8) is 0 Å². The number of aromatic nitrogens is 1. The van der Waals surface area contributed by atoms with Crippen molar-refractivity contribution in [3.8, 4) is 0 Å². The standard InChI is InChI=1S/C27H28N2O7/c1-34-12-13-35-11-10-28-24-5-3-2-4-22(24)23-15-20(8-9-25(23)28)27(31)18-36-17-19-6-7-21(16-30)26(14-19)29(32)33/h2-9,14-15,30H,10-13,16-18H2,1H3. The summed E-state index contributed by atoms with van der Waals surface area (Å²) in [5, 5.41) is 22.5. The summed E-state index contributed by atoms with van der Waals surface area (Å²) < 4.78 is 18.4. The number of aliphatic hydroxyl groups excluding tert-OH is 1. The lowest BCUT2D eigenvalue weighted by molar-refractivity contribution is -0.385. The van der Waals surface area contributed by atoms with Gasteiger partial charge in [0.25, 0.3) is 5.69 Å². The summed E-state index contributed by atoms with van der Waals surface area (Å²) in [6.45, 7) is 1.76. The molecule has 0 saturated heterocycles. The number of rotatable bonds is 13. The third kappa shape index (κ3) is 5.60. The molecule has 0 aliphatic rings. The van der Waals surface area contributed by atoms with Crippen molar-refractivity contribution in [2.24, 2.45) is 0 Å². The third-order valence-corrected chi connectivity index (χ3v) is 6.00. The molecule has 4 rings (SSSR count). The SMILES string of the molecule is COCCOCCn1c2ccccc2c2cc(C(=O)COCc3ccc(CO)c([N+](=O)[O-])c3)ccc21. The van der Waals surface area contributed by atoms with E-state index in [9.17, 15) is 20.0 Å². The highest BCUT2D eigenvalue weighted by atomic mass is 16.6. The maximum Gasteiger partial charge on any atom is 0.275 e. The van der Waals surface area contributed by atoms with Crippen LogP contribution in [0, 0.1) is 10.1 Å². The number of nitro benzene ring substituents is 1. The first-order valence-electron chi connectivity index (χ1n) is 11.6. The van der Waals surface area contributed by atoms with Gasteiger partial charge in [-0.2, -0.15) is 0 Å². The lowest BCUT2D eigenvalue weighted by Gasteiger charge is -2.09. The van der Waals surface area contributed by atoms with Gasteiger partial charge < -0.3 is 23.9 Å². The molecule has 0 bridgehead atoms. The van der Waals surface area contributed by atoms with E-state index in [0.29, 0.717) is 37.5 Å². The number of nitrogens with zero attached hydrogens (tertiary/aromatic N) is 2. The van der Waals surface area contributed by atoms with Gasteiger partial charge in [-0.25, -0.2) is 0 Å². The average molecular weight is 493 g/mol. The second kappa shape index (κ2) is 11.9. The van der Waals surface area contributed by atoms with Crippen molar-refractivity contribution in [1.29, 1.82) is 0 Å². The van der Waals surface area contributed by atoms with E-state index in [2.05, 4.69) is 10.6 Å². The van der Waals surface area contributed by atoms with E-state index in [-0.39, 0.29) is 30.2 Å². The second-order valence-corrected chi connectivity index (χ2v) is 8.30. The molecule has 1 N–H and O–H groups in total. The van der Waals surface area contributed by atoms with E-state index in [4.69, 9.17) is 14.2 Å². The molecule has 0 aliphatic carbocycles. The Balaban J connectivity index is 1.47. The van der Waals surface area contributed by atoms with E-state index in [1.165, 1.54) is 12.1 Å². The average Bonchev–Trinajstić information content (AvgIpc) is 3.21. The number of Topliss-reactive ketones (excluding diaryl/α,β-unsaturated/α-hetero) is 1.